The zero-order valence-corrected chi connectivity index (χ0v) is 18.4. The zero-order valence-electron chi connectivity index (χ0n) is 18.4. The van der Waals surface area contributed by atoms with Crippen LogP contribution in [-0.4, -0.2) is 19.3 Å². The summed E-state index contributed by atoms with van der Waals surface area (Å²) < 4.78 is 60.3. The van der Waals surface area contributed by atoms with Gasteiger partial charge in [0.2, 0.25) is 11.6 Å². The van der Waals surface area contributed by atoms with E-state index in [2.05, 4.69) is 13.8 Å². The van der Waals surface area contributed by atoms with E-state index in [0.717, 1.165) is 12.8 Å². The van der Waals surface area contributed by atoms with Crippen molar-refractivity contribution in [2.45, 2.75) is 53.1 Å². The van der Waals surface area contributed by atoms with Crippen LogP contribution in [-0.2, 0) is 11.2 Å². The maximum atomic E-state index is 15.1. The normalized spacial score (nSPS) is 14.7. The molecule has 0 spiro atoms. The van der Waals surface area contributed by atoms with Crippen LogP contribution < -0.4 is 9.47 Å². The summed E-state index contributed by atoms with van der Waals surface area (Å²) in [4.78, 5) is 0. The molecule has 0 aliphatic carbocycles. The lowest BCUT2D eigenvalue weighted by molar-refractivity contribution is 0.0699. The van der Waals surface area contributed by atoms with Crippen LogP contribution >= 0.6 is 0 Å². The van der Waals surface area contributed by atoms with Crippen molar-refractivity contribution in [3.8, 4) is 17.2 Å². The van der Waals surface area contributed by atoms with E-state index < -0.39 is 17.5 Å². The molecule has 0 saturated heterocycles. The molecule has 2 aromatic rings. The van der Waals surface area contributed by atoms with Crippen molar-refractivity contribution < 1.29 is 27.4 Å². The molecule has 2 aromatic carbocycles. The van der Waals surface area contributed by atoms with Crippen molar-refractivity contribution in [3.63, 3.8) is 0 Å². The highest BCUT2D eigenvalue weighted by molar-refractivity contribution is 5.60. The van der Waals surface area contributed by atoms with E-state index >= 15 is 4.39 Å². The highest BCUT2D eigenvalue weighted by atomic mass is 19.2. The molecule has 168 valence electrons. The van der Waals surface area contributed by atoms with Crippen molar-refractivity contribution >= 4 is 6.08 Å². The van der Waals surface area contributed by atoms with Crippen LogP contribution in [0.5, 0.6) is 17.2 Å². The number of fused-ring (bicyclic) bond motifs is 2. The second-order valence-electron chi connectivity index (χ2n) is 7.95. The number of halogens is 3. The molecule has 0 amide bonds. The van der Waals surface area contributed by atoms with Crippen LogP contribution in [0.1, 0.15) is 57.2 Å². The van der Waals surface area contributed by atoms with Gasteiger partial charge in [0.05, 0.1) is 12.7 Å². The molecule has 0 aromatic heterocycles. The SMILES string of the molecule is CCCC(C)COC(C)/C=C/c1ccc2c(c1F)Oc1c(cc(OCC)c(F)c1F)C2. The summed E-state index contributed by atoms with van der Waals surface area (Å²) in [7, 11) is 0. The first-order valence-electron chi connectivity index (χ1n) is 10.8. The molecule has 3 nitrogen and oxygen atoms in total. The Morgan fingerprint density at radius 3 is 2.48 bits per heavy atom. The highest BCUT2D eigenvalue weighted by Gasteiger charge is 2.28. The third-order valence-corrected chi connectivity index (χ3v) is 5.27. The second-order valence-corrected chi connectivity index (χ2v) is 7.95. The Morgan fingerprint density at radius 1 is 1.03 bits per heavy atom. The van der Waals surface area contributed by atoms with Gasteiger partial charge in [-0.25, -0.2) is 4.39 Å². The van der Waals surface area contributed by atoms with Crippen LogP contribution in [0.3, 0.4) is 0 Å². The van der Waals surface area contributed by atoms with Gasteiger partial charge in [0.25, 0.3) is 0 Å². The molecular formula is C25H29F3O3. The maximum Gasteiger partial charge on any atom is 0.205 e. The van der Waals surface area contributed by atoms with E-state index in [1.807, 2.05) is 6.92 Å². The summed E-state index contributed by atoms with van der Waals surface area (Å²) in [5, 5.41) is 0. The third-order valence-electron chi connectivity index (χ3n) is 5.27. The molecule has 0 bridgehead atoms. The Balaban J connectivity index is 1.78. The fourth-order valence-electron chi connectivity index (χ4n) is 3.62. The molecule has 0 radical (unpaired) electrons. The molecule has 0 saturated carbocycles. The number of hydrogen-bond acceptors (Lipinski definition) is 3. The van der Waals surface area contributed by atoms with Crippen molar-refractivity contribution in [2.75, 3.05) is 13.2 Å². The Hall–Kier alpha value is -2.47. The molecule has 0 N–H and O–H groups in total. The minimum atomic E-state index is -1.17. The van der Waals surface area contributed by atoms with E-state index in [1.54, 1.807) is 31.2 Å². The third kappa shape index (κ3) is 5.24. The molecule has 2 unspecified atom stereocenters. The molecule has 2 atom stereocenters. The molecule has 1 aliphatic heterocycles. The van der Waals surface area contributed by atoms with E-state index in [0.29, 0.717) is 29.2 Å². The van der Waals surface area contributed by atoms with Crippen molar-refractivity contribution in [1.29, 1.82) is 0 Å². The summed E-state index contributed by atoms with van der Waals surface area (Å²) in [6.45, 7) is 8.70. The van der Waals surface area contributed by atoms with Crippen LogP contribution in [0.4, 0.5) is 13.2 Å². The van der Waals surface area contributed by atoms with Crippen LogP contribution in [0.15, 0.2) is 24.3 Å². The van der Waals surface area contributed by atoms with Gasteiger partial charge >= 0.3 is 0 Å². The topological polar surface area (TPSA) is 27.7 Å². The molecule has 31 heavy (non-hydrogen) atoms. The molecule has 0 fully saturated rings. The van der Waals surface area contributed by atoms with Crippen LogP contribution in [0.25, 0.3) is 6.08 Å². The van der Waals surface area contributed by atoms with Gasteiger partial charge in [-0.3, -0.25) is 0 Å². The smallest absolute Gasteiger partial charge is 0.205 e. The first kappa shape index (κ1) is 23.2. The van der Waals surface area contributed by atoms with E-state index in [-0.39, 0.29) is 36.4 Å². The highest BCUT2D eigenvalue weighted by Crippen LogP contribution is 2.43. The fraction of sp³-hybridized carbons (Fsp3) is 0.440. The Bertz CT molecular complexity index is 956. The lowest BCUT2D eigenvalue weighted by Gasteiger charge is -2.23. The van der Waals surface area contributed by atoms with Gasteiger partial charge in [-0.15, -0.1) is 0 Å². The van der Waals surface area contributed by atoms with E-state index in [4.69, 9.17) is 14.2 Å². The summed E-state index contributed by atoms with van der Waals surface area (Å²) in [5.74, 6) is -3.00. The monoisotopic (exact) mass is 434 g/mol. The Kier molecular flexibility index (Phi) is 7.65. The maximum absolute atomic E-state index is 15.1. The lowest BCUT2D eigenvalue weighted by Crippen LogP contribution is -2.12. The quantitative estimate of drug-likeness (QED) is 0.361. The van der Waals surface area contributed by atoms with Gasteiger partial charge in [0.15, 0.2) is 23.1 Å². The zero-order chi connectivity index (χ0) is 22.5. The van der Waals surface area contributed by atoms with Crippen molar-refractivity contribution in [1.82, 2.24) is 0 Å². The van der Waals surface area contributed by atoms with Gasteiger partial charge in [-0.1, -0.05) is 44.6 Å². The Morgan fingerprint density at radius 2 is 1.77 bits per heavy atom. The largest absolute Gasteiger partial charge is 0.491 e. The Labute approximate surface area is 181 Å². The van der Waals surface area contributed by atoms with Crippen LogP contribution in [0, 0.1) is 23.4 Å². The van der Waals surface area contributed by atoms with E-state index in [1.165, 1.54) is 6.07 Å². The van der Waals surface area contributed by atoms with Crippen molar-refractivity contribution in [3.05, 3.63) is 58.4 Å². The minimum Gasteiger partial charge on any atom is -0.491 e. The number of hydrogen-bond donors (Lipinski definition) is 0. The summed E-state index contributed by atoms with van der Waals surface area (Å²) >= 11 is 0. The minimum absolute atomic E-state index is 0.0813. The predicted octanol–water partition coefficient (Wildman–Crippen LogP) is 7.05. The summed E-state index contributed by atoms with van der Waals surface area (Å²) in [6.07, 6.45) is 5.64. The summed E-state index contributed by atoms with van der Waals surface area (Å²) in [5.41, 5.74) is 1.28. The molecule has 1 heterocycles. The summed E-state index contributed by atoms with van der Waals surface area (Å²) in [6, 6.07) is 4.79. The average molecular weight is 434 g/mol. The molecule has 6 heteroatoms. The number of rotatable bonds is 9. The van der Waals surface area contributed by atoms with Crippen molar-refractivity contribution in [2.24, 2.45) is 5.92 Å². The molecule has 3 rings (SSSR count). The van der Waals surface area contributed by atoms with Gasteiger partial charge < -0.3 is 14.2 Å². The lowest BCUT2D eigenvalue weighted by atomic mass is 9.97. The van der Waals surface area contributed by atoms with Gasteiger partial charge in [-0.2, -0.15) is 8.78 Å². The predicted molar refractivity (Wildman–Crippen MR) is 115 cm³/mol. The standard InChI is InChI=1S/C25H29F3O3/c1-5-7-15(3)14-30-16(4)8-9-17-10-11-18-12-19-13-20(29-6-2)22(27)23(28)25(19)31-24(18)21(17)26/h8-11,13,15-16H,5-7,12,14H2,1-4H3/b9-8+. The molecule has 1 aliphatic rings. The van der Waals surface area contributed by atoms with E-state index in [9.17, 15) is 8.78 Å². The van der Waals surface area contributed by atoms with Crippen LogP contribution in [0.2, 0.25) is 0 Å². The number of benzene rings is 2. The fourth-order valence-corrected chi connectivity index (χ4v) is 3.62. The van der Waals surface area contributed by atoms with Gasteiger partial charge in [-0.05, 0) is 32.3 Å². The second kappa shape index (κ2) is 10.2. The molecular weight excluding hydrogens is 405 g/mol. The van der Waals surface area contributed by atoms with Gasteiger partial charge in [0.1, 0.15) is 0 Å². The van der Waals surface area contributed by atoms with Gasteiger partial charge in [0, 0.05) is 29.7 Å². The first-order valence-corrected chi connectivity index (χ1v) is 10.8. The average Bonchev–Trinajstić information content (AvgIpc) is 2.75. The number of ether oxygens (including phenoxy) is 3. The first-order chi connectivity index (χ1) is 14.8.